The molecule has 3 aromatic carbocycles. The number of amidine groups is 6. The Bertz CT molecular complexity index is 1560. The summed E-state index contributed by atoms with van der Waals surface area (Å²) >= 11 is 0. The fourth-order valence-electron chi connectivity index (χ4n) is 5.03. The molecule has 0 radical (unpaired) electrons. The highest BCUT2D eigenvalue weighted by molar-refractivity contribution is 6.34. The van der Waals surface area contributed by atoms with Crippen LogP contribution >= 0.6 is 0 Å². The molecule has 6 heteroatoms. The second kappa shape index (κ2) is 7.10. The number of aryl methyl sites for hydroxylation is 6. The minimum atomic E-state index is 0.625. The number of benzene rings is 3. The van der Waals surface area contributed by atoms with Crippen molar-refractivity contribution in [1.29, 1.82) is 0 Å². The minimum absolute atomic E-state index is 0.625. The average molecular weight is 469 g/mol. The SMILES string of the molecule is Cc1cc2c(cc1C)C1=NC3=NC(=NC4=NC(=NC2=N1)c1cc(C)c(C)cc14)c1cc(C)c(C)cc13. The lowest BCUT2D eigenvalue weighted by Gasteiger charge is -2.07. The van der Waals surface area contributed by atoms with E-state index in [1.54, 1.807) is 0 Å². The highest BCUT2D eigenvalue weighted by atomic mass is 15.1. The normalized spacial score (nSPS) is 16.5. The van der Waals surface area contributed by atoms with Gasteiger partial charge >= 0.3 is 0 Å². The summed E-state index contributed by atoms with van der Waals surface area (Å²) in [6, 6.07) is 12.9. The molecule has 36 heavy (non-hydrogen) atoms. The van der Waals surface area contributed by atoms with Gasteiger partial charge in [-0.3, -0.25) is 0 Å². The molecule has 0 saturated heterocycles. The molecule has 0 aliphatic carbocycles. The molecule has 0 saturated carbocycles. The van der Waals surface area contributed by atoms with E-state index in [2.05, 4.69) is 77.9 Å². The van der Waals surface area contributed by atoms with E-state index in [0.717, 1.165) is 33.4 Å². The van der Waals surface area contributed by atoms with Crippen molar-refractivity contribution in [1.82, 2.24) is 0 Å². The van der Waals surface area contributed by atoms with E-state index in [9.17, 15) is 0 Å². The van der Waals surface area contributed by atoms with Crippen molar-refractivity contribution in [2.24, 2.45) is 30.0 Å². The zero-order valence-corrected chi connectivity index (χ0v) is 21.1. The molecule has 4 aliphatic heterocycles. The summed E-state index contributed by atoms with van der Waals surface area (Å²) in [7, 11) is 0. The van der Waals surface area contributed by atoms with Crippen LogP contribution in [-0.2, 0) is 0 Å². The molecule has 7 rings (SSSR count). The molecule has 0 N–H and O–H groups in total. The lowest BCUT2D eigenvalue weighted by atomic mass is 9.99. The fourth-order valence-corrected chi connectivity index (χ4v) is 5.03. The van der Waals surface area contributed by atoms with Crippen molar-refractivity contribution in [2.45, 2.75) is 41.5 Å². The van der Waals surface area contributed by atoms with Crippen molar-refractivity contribution in [3.63, 3.8) is 0 Å². The summed E-state index contributed by atoms with van der Waals surface area (Å²) in [4.78, 5) is 29.7. The van der Waals surface area contributed by atoms with Gasteiger partial charge in [0.1, 0.15) is 0 Å². The van der Waals surface area contributed by atoms with Gasteiger partial charge in [0.15, 0.2) is 35.0 Å². The molecule has 4 heterocycles. The Labute approximate surface area is 209 Å². The summed E-state index contributed by atoms with van der Waals surface area (Å²) in [6.07, 6.45) is 0. The van der Waals surface area contributed by atoms with Crippen LogP contribution in [0.15, 0.2) is 66.4 Å². The number of nitrogens with zero attached hydrogens (tertiary/aromatic N) is 6. The molecular weight excluding hydrogens is 444 g/mol. The number of hydrogen-bond acceptors (Lipinski definition) is 6. The smallest absolute Gasteiger partial charge is 0.164 e. The van der Waals surface area contributed by atoms with E-state index >= 15 is 0 Å². The van der Waals surface area contributed by atoms with Gasteiger partial charge in [0, 0.05) is 33.4 Å². The molecule has 4 aliphatic rings. The lowest BCUT2D eigenvalue weighted by molar-refractivity contribution is 1.32. The molecule has 0 fully saturated rings. The van der Waals surface area contributed by atoms with E-state index in [4.69, 9.17) is 30.0 Å². The highest BCUT2D eigenvalue weighted by Crippen LogP contribution is 2.32. The molecule has 6 bridgehead atoms. The first-order chi connectivity index (χ1) is 17.3. The Morgan fingerprint density at radius 2 is 0.417 bits per heavy atom. The Balaban J connectivity index is 1.58. The van der Waals surface area contributed by atoms with Crippen LogP contribution in [0.4, 0.5) is 0 Å². The van der Waals surface area contributed by atoms with Crippen molar-refractivity contribution in [3.8, 4) is 0 Å². The third-order valence-electron chi connectivity index (χ3n) is 7.62. The van der Waals surface area contributed by atoms with Gasteiger partial charge in [-0.25, -0.2) is 30.0 Å². The van der Waals surface area contributed by atoms with Gasteiger partial charge in [0.05, 0.1) is 0 Å². The zero-order valence-electron chi connectivity index (χ0n) is 21.1. The molecule has 0 atom stereocenters. The summed E-state index contributed by atoms with van der Waals surface area (Å²) in [5.41, 5.74) is 13.0. The fraction of sp³-hybridized carbons (Fsp3) is 0.200. The molecular formula is C30H24N6. The first-order valence-electron chi connectivity index (χ1n) is 12.1. The van der Waals surface area contributed by atoms with Gasteiger partial charge in [-0.1, -0.05) is 0 Å². The Kier molecular flexibility index (Phi) is 4.14. The van der Waals surface area contributed by atoms with Crippen molar-refractivity contribution < 1.29 is 0 Å². The van der Waals surface area contributed by atoms with Crippen molar-refractivity contribution >= 4 is 35.0 Å². The molecule has 0 unspecified atom stereocenters. The van der Waals surface area contributed by atoms with Crippen molar-refractivity contribution in [3.05, 3.63) is 103 Å². The van der Waals surface area contributed by atoms with Crippen LogP contribution in [0.2, 0.25) is 0 Å². The maximum absolute atomic E-state index is 4.99. The predicted molar refractivity (Wildman–Crippen MR) is 147 cm³/mol. The van der Waals surface area contributed by atoms with Crippen LogP contribution in [0.1, 0.15) is 66.8 Å². The predicted octanol–water partition coefficient (Wildman–Crippen LogP) is 5.47. The largest absolute Gasteiger partial charge is 0.208 e. The van der Waals surface area contributed by atoms with E-state index in [1.165, 1.54) is 33.4 Å². The van der Waals surface area contributed by atoms with E-state index in [1.807, 2.05) is 0 Å². The quantitative estimate of drug-likeness (QED) is 0.420. The van der Waals surface area contributed by atoms with E-state index in [0.29, 0.717) is 35.0 Å². The Morgan fingerprint density at radius 1 is 0.278 bits per heavy atom. The maximum atomic E-state index is 4.99. The van der Waals surface area contributed by atoms with Crippen LogP contribution < -0.4 is 0 Å². The van der Waals surface area contributed by atoms with Gasteiger partial charge in [-0.15, -0.1) is 0 Å². The standard InChI is InChI=1S/C30H24N6/c1-13-7-19-20(8-14(13)2)26-31-25(19)34-27-21-9-15(3)16(4)10-22(21)29(32-27)36-30-24-12-18(6)17(5)11-23(24)28(33-30)35-26/h7-12H,1-6H3. The molecule has 174 valence electrons. The van der Waals surface area contributed by atoms with Crippen LogP contribution in [0, 0.1) is 41.5 Å². The third kappa shape index (κ3) is 2.90. The molecule has 3 aromatic rings. The second-order valence-corrected chi connectivity index (χ2v) is 10.1. The number of rotatable bonds is 0. The van der Waals surface area contributed by atoms with Crippen molar-refractivity contribution in [2.75, 3.05) is 0 Å². The maximum Gasteiger partial charge on any atom is 0.164 e. The highest BCUT2D eigenvalue weighted by Gasteiger charge is 2.31. The topological polar surface area (TPSA) is 74.2 Å². The Morgan fingerprint density at radius 3 is 0.556 bits per heavy atom. The summed E-state index contributed by atoms with van der Waals surface area (Å²) in [5, 5.41) is 0. The van der Waals surface area contributed by atoms with Crippen LogP contribution in [0.3, 0.4) is 0 Å². The Hall–Kier alpha value is -4.32. The summed E-state index contributed by atoms with van der Waals surface area (Å²) in [6.45, 7) is 12.7. The first-order valence-corrected chi connectivity index (χ1v) is 12.1. The third-order valence-corrected chi connectivity index (χ3v) is 7.62. The molecule has 0 amide bonds. The van der Waals surface area contributed by atoms with Gasteiger partial charge < -0.3 is 0 Å². The minimum Gasteiger partial charge on any atom is -0.208 e. The average Bonchev–Trinajstić information content (AvgIpc) is 3.43. The second-order valence-electron chi connectivity index (χ2n) is 10.1. The molecule has 0 spiro atoms. The van der Waals surface area contributed by atoms with E-state index in [-0.39, 0.29) is 0 Å². The van der Waals surface area contributed by atoms with Crippen LogP contribution in [-0.4, -0.2) is 35.0 Å². The molecule has 6 nitrogen and oxygen atoms in total. The van der Waals surface area contributed by atoms with Gasteiger partial charge in [-0.2, -0.15) is 0 Å². The lowest BCUT2D eigenvalue weighted by Crippen LogP contribution is -2.04. The van der Waals surface area contributed by atoms with E-state index < -0.39 is 0 Å². The number of fused-ring (bicyclic) bond motifs is 12. The van der Waals surface area contributed by atoms with Gasteiger partial charge in [-0.05, 0) is 111 Å². The zero-order chi connectivity index (χ0) is 24.9. The van der Waals surface area contributed by atoms with Crippen LogP contribution in [0.5, 0.6) is 0 Å². The number of hydrogen-bond donors (Lipinski definition) is 0. The van der Waals surface area contributed by atoms with Gasteiger partial charge in [0.25, 0.3) is 0 Å². The summed E-state index contributed by atoms with van der Waals surface area (Å²) < 4.78 is 0. The van der Waals surface area contributed by atoms with Crippen LogP contribution in [0.25, 0.3) is 0 Å². The number of aliphatic imine (C=N–C) groups is 6. The van der Waals surface area contributed by atoms with Gasteiger partial charge in [0.2, 0.25) is 0 Å². The monoisotopic (exact) mass is 468 g/mol. The summed E-state index contributed by atoms with van der Waals surface area (Å²) in [5.74, 6) is 3.75. The first kappa shape index (κ1) is 21.0. The molecule has 0 aromatic heterocycles.